The molecule has 0 fully saturated rings. The second-order valence-corrected chi connectivity index (χ2v) is 9.21. The molecular weight excluding hydrogens is 452 g/mol. The van der Waals surface area contributed by atoms with E-state index in [1.165, 1.54) is 21.7 Å². The normalized spacial score (nSPS) is 12.3. The Labute approximate surface area is 213 Å². The first-order chi connectivity index (χ1) is 17.5. The summed E-state index contributed by atoms with van der Waals surface area (Å²) in [4.78, 5) is 28.3. The number of hydrogen-bond donors (Lipinski definition) is 1. The number of amides is 1. The lowest BCUT2D eigenvalue weighted by Gasteiger charge is -2.20. The fourth-order valence-electron chi connectivity index (χ4n) is 4.81. The van der Waals surface area contributed by atoms with Gasteiger partial charge in [0.05, 0.1) is 7.11 Å². The average Bonchev–Trinajstić information content (AvgIpc) is 3.30. The van der Waals surface area contributed by atoms with E-state index >= 15 is 0 Å². The van der Waals surface area contributed by atoms with Gasteiger partial charge in [-0.15, -0.1) is 0 Å². The standard InChI is InChI=1S/C30H34N2O4/c1-36-29-13-6-5-11-24(29)16-19-31(30(34)35)18-8-7-12-28(33)26-14-15-27-25(21-26)17-20-32(27)22-23-9-3-2-4-10-23/h2-6,9-11,13-15,21H,7-8,12,16-20,22H2,1H3,(H,34,35). The quantitative estimate of drug-likeness (QED) is 0.258. The first-order valence-electron chi connectivity index (χ1n) is 12.6. The van der Waals surface area contributed by atoms with Gasteiger partial charge >= 0.3 is 6.09 Å². The molecule has 0 bridgehead atoms. The molecule has 3 aromatic rings. The van der Waals surface area contributed by atoms with E-state index < -0.39 is 6.09 Å². The molecule has 0 spiro atoms. The number of carboxylic acid groups (broad SMARTS) is 1. The van der Waals surface area contributed by atoms with Crippen molar-refractivity contribution in [2.75, 3.05) is 31.6 Å². The van der Waals surface area contributed by atoms with Gasteiger partial charge in [-0.25, -0.2) is 4.79 Å². The Bertz CT molecular complexity index is 1180. The van der Waals surface area contributed by atoms with Gasteiger partial charge in [0.1, 0.15) is 5.75 Å². The number of carbonyl (C=O) groups excluding carboxylic acids is 1. The predicted molar refractivity (Wildman–Crippen MR) is 142 cm³/mol. The molecule has 188 valence electrons. The van der Waals surface area contributed by atoms with Crippen LogP contribution in [0.1, 0.15) is 46.3 Å². The maximum atomic E-state index is 12.8. The highest BCUT2D eigenvalue weighted by atomic mass is 16.5. The molecular formula is C30H34N2O4. The minimum Gasteiger partial charge on any atom is -0.496 e. The van der Waals surface area contributed by atoms with Gasteiger partial charge in [-0.2, -0.15) is 0 Å². The second-order valence-electron chi connectivity index (χ2n) is 9.21. The monoisotopic (exact) mass is 486 g/mol. The number of anilines is 1. The van der Waals surface area contributed by atoms with Crippen LogP contribution in [-0.2, 0) is 19.4 Å². The number of hydrogen-bond acceptors (Lipinski definition) is 4. The molecule has 0 radical (unpaired) electrons. The molecule has 3 aromatic carbocycles. The van der Waals surface area contributed by atoms with Crippen LogP contribution >= 0.6 is 0 Å². The SMILES string of the molecule is COc1ccccc1CCN(CCCCC(=O)c1ccc2c(c1)CCN2Cc1ccccc1)C(=O)O. The van der Waals surface area contributed by atoms with Crippen molar-refractivity contribution in [3.05, 3.63) is 95.1 Å². The van der Waals surface area contributed by atoms with E-state index in [0.29, 0.717) is 38.8 Å². The number of ketones is 1. The van der Waals surface area contributed by atoms with Gasteiger partial charge < -0.3 is 19.6 Å². The minimum atomic E-state index is -0.935. The number of rotatable bonds is 12. The number of fused-ring (bicyclic) bond motifs is 1. The third kappa shape index (κ3) is 6.45. The van der Waals surface area contributed by atoms with Gasteiger partial charge in [0.2, 0.25) is 0 Å². The summed E-state index contributed by atoms with van der Waals surface area (Å²) in [5, 5.41) is 9.59. The van der Waals surface area contributed by atoms with Gasteiger partial charge in [0.25, 0.3) is 0 Å². The first-order valence-corrected chi connectivity index (χ1v) is 12.6. The Morgan fingerprint density at radius 1 is 0.972 bits per heavy atom. The zero-order chi connectivity index (χ0) is 25.3. The number of carbonyl (C=O) groups is 2. The topological polar surface area (TPSA) is 70.1 Å². The van der Waals surface area contributed by atoms with Crippen LogP contribution in [0.5, 0.6) is 5.75 Å². The Balaban J connectivity index is 1.25. The van der Waals surface area contributed by atoms with Crippen LogP contribution in [0.3, 0.4) is 0 Å². The molecule has 1 heterocycles. The van der Waals surface area contributed by atoms with Crippen LogP contribution < -0.4 is 9.64 Å². The second kappa shape index (κ2) is 12.2. The molecule has 0 atom stereocenters. The summed E-state index contributed by atoms with van der Waals surface area (Å²) in [6.45, 7) is 2.64. The fourth-order valence-corrected chi connectivity index (χ4v) is 4.81. The number of Topliss-reactive ketones (excluding diaryl/α,β-unsaturated/α-hetero) is 1. The Kier molecular flexibility index (Phi) is 8.61. The van der Waals surface area contributed by atoms with E-state index in [2.05, 4.69) is 35.2 Å². The Hall–Kier alpha value is -3.80. The molecule has 4 rings (SSSR count). The minimum absolute atomic E-state index is 0.121. The zero-order valence-electron chi connectivity index (χ0n) is 20.9. The van der Waals surface area contributed by atoms with Crippen LogP contribution in [0, 0.1) is 0 Å². The third-order valence-electron chi connectivity index (χ3n) is 6.81. The maximum absolute atomic E-state index is 12.8. The molecule has 0 aromatic heterocycles. The van der Waals surface area contributed by atoms with Crippen molar-refractivity contribution in [3.8, 4) is 5.75 Å². The van der Waals surface area contributed by atoms with Crippen LogP contribution in [0.4, 0.5) is 10.5 Å². The van der Waals surface area contributed by atoms with Crippen LogP contribution in [0.2, 0.25) is 0 Å². The number of benzene rings is 3. The van der Waals surface area contributed by atoms with Gasteiger partial charge in [-0.3, -0.25) is 4.79 Å². The summed E-state index contributed by atoms with van der Waals surface area (Å²) in [5.74, 6) is 0.890. The zero-order valence-corrected chi connectivity index (χ0v) is 20.9. The molecule has 0 aliphatic carbocycles. The van der Waals surface area contributed by atoms with Crippen molar-refractivity contribution in [3.63, 3.8) is 0 Å². The number of unbranched alkanes of at least 4 members (excludes halogenated alkanes) is 1. The highest BCUT2D eigenvalue weighted by Gasteiger charge is 2.21. The lowest BCUT2D eigenvalue weighted by atomic mass is 10.0. The Morgan fingerprint density at radius 2 is 1.75 bits per heavy atom. The molecule has 1 aliphatic heterocycles. The molecule has 0 unspecified atom stereocenters. The summed E-state index contributed by atoms with van der Waals surface area (Å²) < 4.78 is 5.36. The van der Waals surface area contributed by atoms with Crippen LogP contribution in [0.15, 0.2) is 72.8 Å². The smallest absolute Gasteiger partial charge is 0.407 e. The summed E-state index contributed by atoms with van der Waals surface area (Å²) in [5.41, 5.74) is 5.46. The van der Waals surface area contributed by atoms with E-state index in [0.717, 1.165) is 36.4 Å². The highest BCUT2D eigenvalue weighted by Crippen LogP contribution is 2.30. The molecule has 1 amide bonds. The molecule has 1 aliphatic rings. The summed E-state index contributed by atoms with van der Waals surface area (Å²) in [7, 11) is 1.62. The van der Waals surface area contributed by atoms with E-state index in [4.69, 9.17) is 4.74 Å². The highest BCUT2D eigenvalue weighted by molar-refractivity contribution is 5.96. The van der Waals surface area contributed by atoms with Crippen molar-refractivity contribution < 1.29 is 19.4 Å². The fraction of sp³-hybridized carbons (Fsp3) is 0.333. The van der Waals surface area contributed by atoms with Crippen molar-refractivity contribution in [2.45, 2.75) is 38.6 Å². The van der Waals surface area contributed by atoms with Crippen molar-refractivity contribution in [1.29, 1.82) is 0 Å². The third-order valence-corrected chi connectivity index (χ3v) is 6.81. The number of nitrogens with zero attached hydrogens (tertiary/aromatic N) is 2. The Morgan fingerprint density at radius 3 is 2.53 bits per heavy atom. The summed E-state index contributed by atoms with van der Waals surface area (Å²) >= 11 is 0. The van der Waals surface area contributed by atoms with Gasteiger partial charge in [0.15, 0.2) is 5.78 Å². The molecule has 6 nitrogen and oxygen atoms in total. The molecule has 0 saturated carbocycles. The number of methoxy groups -OCH3 is 1. The van der Waals surface area contributed by atoms with E-state index in [9.17, 15) is 14.7 Å². The largest absolute Gasteiger partial charge is 0.496 e. The lowest BCUT2D eigenvalue weighted by molar-refractivity contribution is 0.0978. The molecule has 0 saturated heterocycles. The molecule has 6 heteroatoms. The number of para-hydroxylation sites is 1. The van der Waals surface area contributed by atoms with Gasteiger partial charge in [-0.05, 0) is 66.6 Å². The van der Waals surface area contributed by atoms with E-state index in [1.54, 1.807) is 7.11 Å². The predicted octanol–water partition coefficient (Wildman–Crippen LogP) is 5.83. The van der Waals surface area contributed by atoms with Gasteiger partial charge in [0, 0.05) is 43.9 Å². The average molecular weight is 487 g/mol. The van der Waals surface area contributed by atoms with E-state index in [1.807, 2.05) is 42.5 Å². The van der Waals surface area contributed by atoms with Crippen LogP contribution in [0.25, 0.3) is 0 Å². The van der Waals surface area contributed by atoms with E-state index in [-0.39, 0.29) is 5.78 Å². The van der Waals surface area contributed by atoms with Crippen molar-refractivity contribution in [2.24, 2.45) is 0 Å². The van der Waals surface area contributed by atoms with Crippen molar-refractivity contribution >= 4 is 17.6 Å². The first kappa shape index (κ1) is 25.3. The van der Waals surface area contributed by atoms with Gasteiger partial charge in [-0.1, -0.05) is 48.5 Å². The molecule has 36 heavy (non-hydrogen) atoms. The number of ether oxygens (including phenoxy) is 1. The van der Waals surface area contributed by atoms with Crippen LogP contribution in [-0.4, -0.2) is 48.6 Å². The van der Waals surface area contributed by atoms with Crippen molar-refractivity contribution in [1.82, 2.24) is 4.90 Å². The molecule has 1 N–H and O–H groups in total. The summed E-state index contributed by atoms with van der Waals surface area (Å²) in [6.07, 6.45) is 2.34. The maximum Gasteiger partial charge on any atom is 0.407 e. The lowest BCUT2D eigenvalue weighted by Crippen LogP contribution is -2.32. The summed E-state index contributed by atoms with van der Waals surface area (Å²) in [6, 6.07) is 24.1.